The highest BCUT2D eigenvalue weighted by molar-refractivity contribution is 8.00. The quantitative estimate of drug-likeness (QED) is 0.624. The van der Waals surface area contributed by atoms with Crippen molar-refractivity contribution < 1.29 is 9.53 Å². The van der Waals surface area contributed by atoms with E-state index in [0.29, 0.717) is 0 Å². The van der Waals surface area contributed by atoms with Gasteiger partial charge in [0.15, 0.2) is 0 Å². The van der Waals surface area contributed by atoms with Gasteiger partial charge in [0.2, 0.25) is 5.91 Å². The smallest absolute Gasteiger partial charge is 0.242 e. The van der Waals surface area contributed by atoms with E-state index in [4.69, 9.17) is 4.74 Å². The van der Waals surface area contributed by atoms with E-state index in [0.717, 1.165) is 21.9 Å². The zero-order chi connectivity index (χ0) is 17.5. The molecule has 0 spiro atoms. The zero-order valence-corrected chi connectivity index (χ0v) is 14.7. The molecule has 25 heavy (non-hydrogen) atoms. The Kier molecular flexibility index (Phi) is 5.75. The molecule has 126 valence electrons. The Morgan fingerprint density at radius 3 is 2.08 bits per heavy atom. The first kappa shape index (κ1) is 17.1. The second kappa shape index (κ2) is 8.40. The van der Waals surface area contributed by atoms with Crippen molar-refractivity contribution in [3.8, 4) is 5.75 Å². The van der Waals surface area contributed by atoms with Crippen LogP contribution in [0.2, 0.25) is 0 Å². The van der Waals surface area contributed by atoms with Gasteiger partial charge < -0.3 is 10.1 Å². The molecule has 1 unspecified atom stereocenters. The Bertz CT molecular complexity index is 804. The summed E-state index contributed by atoms with van der Waals surface area (Å²) >= 11 is 1.54. The van der Waals surface area contributed by atoms with Crippen molar-refractivity contribution in [3.05, 3.63) is 90.5 Å². The van der Waals surface area contributed by atoms with Crippen LogP contribution in [0.3, 0.4) is 0 Å². The van der Waals surface area contributed by atoms with Crippen LogP contribution in [0.25, 0.3) is 0 Å². The maximum absolute atomic E-state index is 12.9. The van der Waals surface area contributed by atoms with E-state index in [1.54, 1.807) is 18.9 Å². The molecule has 0 heterocycles. The van der Waals surface area contributed by atoms with Crippen LogP contribution in [0.4, 0.5) is 5.69 Å². The number of hydrogen-bond donors (Lipinski definition) is 1. The standard InChI is InChI=1S/C21H19NO2S/c1-24-18-14-12-17(13-15-18)22-21(23)20(16-8-4-2-5-9-16)25-19-10-6-3-7-11-19/h2-15,20H,1H3,(H,22,23). The van der Waals surface area contributed by atoms with Gasteiger partial charge >= 0.3 is 0 Å². The minimum atomic E-state index is -0.328. The first-order valence-corrected chi connectivity index (χ1v) is 8.86. The lowest BCUT2D eigenvalue weighted by atomic mass is 10.1. The van der Waals surface area contributed by atoms with Crippen molar-refractivity contribution in [2.45, 2.75) is 10.1 Å². The Hall–Kier alpha value is -2.72. The first-order chi connectivity index (χ1) is 12.3. The normalized spacial score (nSPS) is 11.6. The van der Waals surface area contributed by atoms with Crippen molar-refractivity contribution in [2.75, 3.05) is 12.4 Å². The average molecular weight is 349 g/mol. The summed E-state index contributed by atoms with van der Waals surface area (Å²) in [6.07, 6.45) is 0. The molecule has 0 radical (unpaired) electrons. The molecule has 0 aliphatic carbocycles. The highest BCUT2D eigenvalue weighted by Crippen LogP contribution is 2.36. The number of benzene rings is 3. The van der Waals surface area contributed by atoms with E-state index in [9.17, 15) is 4.79 Å². The summed E-state index contributed by atoms with van der Waals surface area (Å²) in [6.45, 7) is 0. The topological polar surface area (TPSA) is 38.3 Å². The largest absolute Gasteiger partial charge is 0.497 e. The number of carbonyl (C=O) groups excluding carboxylic acids is 1. The summed E-state index contributed by atoms with van der Waals surface area (Å²) in [5.74, 6) is 0.710. The van der Waals surface area contributed by atoms with Gasteiger partial charge in [-0.3, -0.25) is 4.79 Å². The van der Waals surface area contributed by atoms with Gasteiger partial charge in [-0.2, -0.15) is 0 Å². The third-order valence-electron chi connectivity index (χ3n) is 3.70. The molecule has 0 bridgehead atoms. The Labute approximate surface area is 152 Å². The fourth-order valence-corrected chi connectivity index (χ4v) is 3.46. The summed E-state index contributed by atoms with van der Waals surface area (Å²) in [5.41, 5.74) is 1.72. The van der Waals surface area contributed by atoms with E-state index in [1.165, 1.54) is 0 Å². The molecule has 0 aliphatic heterocycles. The molecule has 1 amide bonds. The van der Waals surface area contributed by atoms with Gasteiger partial charge in [-0.05, 0) is 42.0 Å². The Morgan fingerprint density at radius 1 is 0.880 bits per heavy atom. The molecule has 0 aliphatic rings. The van der Waals surface area contributed by atoms with Crippen molar-refractivity contribution in [1.82, 2.24) is 0 Å². The molecule has 0 fully saturated rings. The average Bonchev–Trinajstić information content (AvgIpc) is 2.68. The van der Waals surface area contributed by atoms with Crippen molar-refractivity contribution >= 4 is 23.4 Å². The van der Waals surface area contributed by atoms with Crippen LogP contribution in [-0.4, -0.2) is 13.0 Å². The summed E-state index contributed by atoms with van der Waals surface area (Å²) in [4.78, 5) is 14.0. The highest BCUT2D eigenvalue weighted by atomic mass is 32.2. The van der Waals surface area contributed by atoms with E-state index >= 15 is 0 Å². The van der Waals surface area contributed by atoms with E-state index in [-0.39, 0.29) is 11.2 Å². The SMILES string of the molecule is COc1ccc(NC(=O)C(Sc2ccccc2)c2ccccc2)cc1. The summed E-state index contributed by atoms with van der Waals surface area (Å²) < 4.78 is 5.15. The Morgan fingerprint density at radius 2 is 1.48 bits per heavy atom. The van der Waals surface area contributed by atoms with E-state index in [1.807, 2.05) is 84.9 Å². The number of thioether (sulfide) groups is 1. The fraction of sp³-hybridized carbons (Fsp3) is 0.0952. The fourth-order valence-electron chi connectivity index (χ4n) is 2.42. The molecule has 3 aromatic rings. The summed E-state index contributed by atoms with van der Waals surface area (Å²) in [7, 11) is 1.62. The lowest BCUT2D eigenvalue weighted by molar-refractivity contribution is -0.115. The highest BCUT2D eigenvalue weighted by Gasteiger charge is 2.22. The second-order valence-electron chi connectivity index (χ2n) is 5.44. The number of hydrogen-bond acceptors (Lipinski definition) is 3. The minimum absolute atomic E-state index is 0.0507. The molecule has 1 N–H and O–H groups in total. The van der Waals surface area contributed by atoms with Gasteiger partial charge in [-0.25, -0.2) is 0 Å². The van der Waals surface area contributed by atoms with Crippen LogP contribution < -0.4 is 10.1 Å². The van der Waals surface area contributed by atoms with Crippen LogP contribution in [0.1, 0.15) is 10.8 Å². The Balaban J connectivity index is 1.81. The second-order valence-corrected chi connectivity index (χ2v) is 6.62. The maximum atomic E-state index is 12.9. The van der Waals surface area contributed by atoms with Gasteiger partial charge in [0.25, 0.3) is 0 Å². The molecule has 0 saturated heterocycles. The lowest BCUT2D eigenvalue weighted by Gasteiger charge is -2.17. The van der Waals surface area contributed by atoms with Crippen LogP contribution in [0.5, 0.6) is 5.75 Å². The lowest BCUT2D eigenvalue weighted by Crippen LogP contribution is -2.19. The van der Waals surface area contributed by atoms with Crippen LogP contribution in [0, 0.1) is 0 Å². The molecule has 4 heteroatoms. The molecule has 0 saturated carbocycles. The number of rotatable bonds is 6. The molecule has 3 rings (SSSR count). The summed E-state index contributed by atoms with van der Waals surface area (Å²) in [6, 6.07) is 27.1. The molecule has 0 aromatic heterocycles. The van der Waals surface area contributed by atoms with Gasteiger partial charge in [0.05, 0.1) is 7.11 Å². The van der Waals surface area contributed by atoms with Crippen molar-refractivity contribution in [1.29, 1.82) is 0 Å². The van der Waals surface area contributed by atoms with Crippen molar-refractivity contribution in [3.63, 3.8) is 0 Å². The van der Waals surface area contributed by atoms with Gasteiger partial charge in [-0.15, -0.1) is 11.8 Å². The summed E-state index contributed by atoms with van der Waals surface area (Å²) in [5, 5.41) is 2.67. The van der Waals surface area contributed by atoms with Gasteiger partial charge in [0.1, 0.15) is 11.0 Å². The van der Waals surface area contributed by atoms with Crippen molar-refractivity contribution in [2.24, 2.45) is 0 Å². The molecule has 1 atom stereocenters. The van der Waals surface area contributed by atoms with Crippen LogP contribution in [-0.2, 0) is 4.79 Å². The van der Waals surface area contributed by atoms with E-state index < -0.39 is 0 Å². The number of nitrogens with one attached hydrogen (secondary N) is 1. The first-order valence-electron chi connectivity index (χ1n) is 7.98. The minimum Gasteiger partial charge on any atom is -0.497 e. The maximum Gasteiger partial charge on any atom is 0.242 e. The van der Waals surface area contributed by atoms with Crippen LogP contribution in [0.15, 0.2) is 89.8 Å². The third kappa shape index (κ3) is 4.64. The third-order valence-corrected chi connectivity index (χ3v) is 4.96. The molecule has 3 nitrogen and oxygen atoms in total. The predicted molar refractivity (Wildman–Crippen MR) is 103 cm³/mol. The zero-order valence-electron chi connectivity index (χ0n) is 13.9. The number of anilines is 1. The predicted octanol–water partition coefficient (Wildman–Crippen LogP) is 5.17. The number of ether oxygens (including phenoxy) is 1. The number of carbonyl (C=O) groups is 1. The van der Waals surface area contributed by atoms with Gasteiger partial charge in [0, 0.05) is 10.6 Å². The monoisotopic (exact) mass is 349 g/mol. The van der Waals surface area contributed by atoms with E-state index in [2.05, 4.69) is 5.32 Å². The van der Waals surface area contributed by atoms with Crippen LogP contribution >= 0.6 is 11.8 Å². The molecule has 3 aromatic carbocycles. The number of methoxy groups -OCH3 is 1. The molecular formula is C21H19NO2S. The number of amides is 1. The van der Waals surface area contributed by atoms with Gasteiger partial charge in [-0.1, -0.05) is 48.5 Å². The molecular weight excluding hydrogens is 330 g/mol.